The van der Waals surface area contributed by atoms with E-state index in [1.165, 1.54) is 24.3 Å². The molecule has 1 saturated heterocycles. The van der Waals surface area contributed by atoms with Crippen LogP contribution in [0, 0.1) is 5.82 Å². The average Bonchev–Trinajstić information content (AvgIpc) is 2.79. The van der Waals surface area contributed by atoms with Crippen LogP contribution < -0.4 is 4.74 Å². The molecule has 3 rings (SSSR count). The molecule has 1 aliphatic heterocycles. The number of nitrogens with zero attached hydrogens (tertiary/aromatic N) is 2. The second kappa shape index (κ2) is 11.4. The van der Waals surface area contributed by atoms with Gasteiger partial charge in [-0.2, -0.15) is 0 Å². The zero-order chi connectivity index (χ0) is 24.8. The van der Waals surface area contributed by atoms with E-state index in [1.807, 2.05) is 13.8 Å². The van der Waals surface area contributed by atoms with Crippen LogP contribution in [-0.4, -0.2) is 64.8 Å². The lowest BCUT2D eigenvalue weighted by Crippen LogP contribution is -2.58. The number of carboxylic acids is 1. The Balaban J connectivity index is 1.65. The number of ether oxygens (including phenoxy) is 1. The number of carbonyl (C=O) groups is 3. The van der Waals surface area contributed by atoms with Crippen molar-refractivity contribution >= 4 is 29.8 Å². The number of hydrogen-bond donors (Lipinski definition) is 1. The van der Waals surface area contributed by atoms with Gasteiger partial charge in [0.25, 0.3) is 5.91 Å². The van der Waals surface area contributed by atoms with Crippen LogP contribution in [0.5, 0.6) is 5.75 Å². The molecular weight excluding hydrogens is 463 g/mol. The van der Waals surface area contributed by atoms with Crippen LogP contribution in [-0.2, 0) is 20.9 Å². The first kappa shape index (κ1) is 25.6. The van der Waals surface area contributed by atoms with E-state index < -0.39 is 11.9 Å². The van der Waals surface area contributed by atoms with Crippen molar-refractivity contribution in [2.45, 2.75) is 44.8 Å². The summed E-state index contributed by atoms with van der Waals surface area (Å²) in [7, 11) is 0. The number of halogens is 2. The van der Waals surface area contributed by atoms with Crippen molar-refractivity contribution in [3.63, 3.8) is 0 Å². The molecule has 0 radical (unpaired) electrons. The van der Waals surface area contributed by atoms with E-state index in [-0.39, 0.29) is 48.1 Å². The molecule has 1 heterocycles. The van der Waals surface area contributed by atoms with E-state index >= 15 is 0 Å². The van der Waals surface area contributed by atoms with Crippen molar-refractivity contribution < 1.29 is 28.6 Å². The Hall–Kier alpha value is -2.97. The molecule has 2 aromatic carbocycles. The molecule has 2 aromatic rings. The van der Waals surface area contributed by atoms with Gasteiger partial charge in [-0.3, -0.25) is 14.5 Å². The molecule has 0 bridgehead atoms. The first-order valence-corrected chi connectivity index (χ1v) is 11.4. The summed E-state index contributed by atoms with van der Waals surface area (Å²) in [5.41, 5.74) is 1.26. The molecule has 0 saturated carbocycles. The van der Waals surface area contributed by atoms with E-state index in [0.717, 1.165) is 5.56 Å². The lowest BCUT2D eigenvalue weighted by Gasteiger charge is -2.44. The highest BCUT2D eigenvalue weighted by molar-refractivity contribution is 6.30. The van der Waals surface area contributed by atoms with Crippen molar-refractivity contribution in [3.8, 4) is 5.75 Å². The molecule has 9 heteroatoms. The van der Waals surface area contributed by atoms with Gasteiger partial charge in [0.05, 0.1) is 5.92 Å². The van der Waals surface area contributed by atoms with Crippen LogP contribution in [0.2, 0.25) is 5.02 Å². The van der Waals surface area contributed by atoms with Gasteiger partial charge in [-0.15, -0.1) is 0 Å². The van der Waals surface area contributed by atoms with Crippen LogP contribution in [0.15, 0.2) is 42.5 Å². The number of benzene rings is 2. The maximum absolute atomic E-state index is 13.2. The van der Waals surface area contributed by atoms with Gasteiger partial charge in [0, 0.05) is 48.7 Å². The lowest BCUT2D eigenvalue weighted by molar-refractivity contribution is -0.139. The third-order valence-electron chi connectivity index (χ3n) is 6.06. The minimum atomic E-state index is -1.18. The summed E-state index contributed by atoms with van der Waals surface area (Å²) in [6.07, 6.45) is 0.299. The third kappa shape index (κ3) is 6.33. The number of carbonyl (C=O) groups excluding carboxylic acids is 2. The Morgan fingerprint density at radius 3 is 2.53 bits per heavy atom. The Morgan fingerprint density at radius 2 is 1.88 bits per heavy atom. The molecule has 3 atom stereocenters. The van der Waals surface area contributed by atoms with E-state index in [9.17, 15) is 23.9 Å². The molecule has 182 valence electrons. The summed E-state index contributed by atoms with van der Waals surface area (Å²) in [4.78, 5) is 39.6. The van der Waals surface area contributed by atoms with E-state index in [2.05, 4.69) is 4.90 Å². The fraction of sp³-hybridized carbons (Fsp3) is 0.400. The van der Waals surface area contributed by atoms with Gasteiger partial charge in [0.15, 0.2) is 6.61 Å². The third-order valence-corrected chi connectivity index (χ3v) is 6.30. The molecule has 1 unspecified atom stereocenters. The first-order valence-electron chi connectivity index (χ1n) is 11.1. The largest absolute Gasteiger partial charge is 0.483 e. The van der Waals surface area contributed by atoms with Gasteiger partial charge in [-0.1, -0.05) is 23.7 Å². The summed E-state index contributed by atoms with van der Waals surface area (Å²) < 4.78 is 18.9. The van der Waals surface area contributed by atoms with Gasteiger partial charge >= 0.3 is 5.97 Å². The number of aliphatic carboxylic acids is 1. The van der Waals surface area contributed by atoms with E-state index in [1.54, 1.807) is 23.1 Å². The predicted octanol–water partition coefficient (Wildman–Crippen LogP) is 3.74. The summed E-state index contributed by atoms with van der Waals surface area (Å²) in [5, 5.41) is 9.82. The number of rotatable bonds is 9. The standard InChI is InChI=1S/C25H28ClFN2O5/c1-16-13-29(17(2)12-28(16)14-18-3-6-20(27)7-4-18)24(31)15-34-23-8-5-19(26)11-22(23)21(9-10-30)25(32)33/h3-8,10-11,16-17,21H,9,12-15H2,1-2H3,(H,32,33)/t16-,17+,21?/m0/s1. The maximum Gasteiger partial charge on any atom is 0.311 e. The van der Waals surface area contributed by atoms with Crippen molar-refractivity contribution in [1.82, 2.24) is 9.80 Å². The summed E-state index contributed by atoms with van der Waals surface area (Å²) in [5.74, 6) is -2.57. The maximum atomic E-state index is 13.2. The van der Waals surface area contributed by atoms with Gasteiger partial charge < -0.3 is 19.5 Å². The minimum absolute atomic E-state index is 0.0701. The number of carboxylic acid groups (broad SMARTS) is 1. The van der Waals surface area contributed by atoms with Gasteiger partial charge in [-0.25, -0.2) is 4.39 Å². The predicted molar refractivity (Wildman–Crippen MR) is 125 cm³/mol. The molecule has 34 heavy (non-hydrogen) atoms. The molecule has 0 spiro atoms. The zero-order valence-electron chi connectivity index (χ0n) is 19.1. The number of piperazine rings is 1. The van der Waals surface area contributed by atoms with Crippen LogP contribution >= 0.6 is 11.6 Å². The van der Waals surface area contributed by atoms with E-state index in [0.29, 0.717) is 30.9 Å². The molecule has 0 aromatic heterocycles. The quantitative estimate of drug-likeness (QED) is 0.539. The number of aldehydes is 1. The topological polar surface area (TPSA) is 87.2 Å². The van der Waals surface area contributed by atoms with Crippen molar-refractivity contribution in [2.24, 2.45) is 0 Å². The van der Waals surface area contributed by atoms with Crippen molar-refractivity contribution in [1.29, 1.82) is 0 Å². The average molecular weight is 491 g/mol. The second-order valence-electron chi connectivity index (χ2n) is 8.56. The smallest absolute Gasteiger partial charge is 0.311 e. The Labute approximate surface area is 203 Å². The summed E-state index contributed by atoms with van der Waals surface area (Å²) in [6.45, 7) is 5.53. The first-order chi connectivity index (χ1) is 16.2. The van der Waals surface area contributed by atoms with Gasteiger partial charge in [0.1, 0.15) is 17.9 Å². The Morgan fingerprint density at radius 1 is 1.18 bits per heavy atom. The molecule has 1 N–H and O–H groups in total. The molecule has 1 aliphatic rings. The monoisotopic (exact) mass is 490 g/mol. The molecule has 1 fully saturated rings. The van der Waals surface area contributed by atoms with Crippen molar-refractivity contribution in [2.75, 3.05) is 19.7 Å². The van der Waals surface area contributed by atoms with Crippen LogP contribution in [0.1, 0.15) is 37.3 Å². The lowest BCUT2D eigenvalue weighted by atomic mass is 9.95. The van der Waals surface area contributed by atoms with Crippen LogP contribution in [0.3, 0.4) is 0 Å². The Bertz CT molecular complexity index is 1030. The fourth-order valence-electron chi connectivity index (χ4n) is 4.19. The Kier molecular flexibility index (Phi) is 8.63. The fourth-order valence-corrected chi connectivity index (χ4v) is 4.37. The highest BCUT2D eigenvalue weighted by Crippen LogP contribution is 2.32. The molecule has 0 aliphatic carbocycles. The molecule has 7 nitrogen and oxygen atoms in total. The zero-order valence-corrected chi connectivity index (χ0v) is 19.9. The normalized spacial score (nSPS) is 19.5. The van der Waals surface area contributed by atoms with Crippen LogP contribution in [0.25, 0.3) is 0 Å². The summed E-state index contributed by atoms with van der Waals surface area (Å²) in [6, 6.07) is 10.9. The number of hydrogen-bond acceptors (Lipinski definition) is 5. The highest BCUT2D eigenvalue weighted by atomic mass is 35.5. The molecular formula is C25H28ClFN2O5. The van der Waals surface area contributed by atoms with E-state index in [4.69, 9.17) is 16.3 Å². The van der Waals surface area contributed by atoms with Crippen molar-refractivity contribution in [3.05, 3.63) is 64.4 Å². The number of amides is 1. The van der Waals surface area contributed by atoms with Crippen LogP contribution in [0.4, 0.5) is 4.39 Å². The minimum Gasteiger partial charge on any atom is -0.483 e. The van der Waals surface area contributed by atoms with Gasteiger partial charge in [0.2, 0.25) is 0 Å². The second-order valence-corrected chi connectivity index (χ2v) is 9.00. The van der Waals surface area contributed by atoms with Gasteiger partial charge in [-0.05, 0) is 49.7 Å². The summed E-state index contributed by atoms with van der Waals surface area (Å²) >= 11 is 6.03. The molecule has 1 amide bonds. The highest BCUT2D eigenvalue weighted by Gasteiger charge is 2.32. The SMILES string of the molecule is C[C@@H]1CN(Cc2ccc(F)cc2)[C@@H](C)CN1C(=O)COc1ccc(Cl)cc1C(CC=O)C(=O)O.